The first-order chi connectivity index (χ1) is 63.1. The van der Waals surface area contributed by atoms with Crippen LogP contribution in [0, 0.1) is 0 Å². The normalized spacial score (nSPS) is 19.6. The minimum absolute atomic E-state index is 0.107. The Bertz CT molecular complexity index is 6820. The van der Waals surface area contributed by atoms with Crippen LogP contribution in [0.3, 0.4) is 0 Å². The van der Waals surface area contributed by atoms with Crippen molar-refractivity contribution in [3.05, 3.63) is 134 Å². The van der Waals surface area contributed by atoms with Crippen LogP contribution in [-0.4, -0.2) is 282 Å². The van der Waals surface area contributed by atoms with E-state index in [9.17, 15) is 172 Å². The number of carbonyl (C=O) groups is 10. The third kappa shape index (κ3) is 15.0. The zero-order valence-corrected chi connectivity index (χ0v) is 65.6. The Balaban J connectivity index is 0.839. The van der Waals surface area contributed by atoms with Gasteiger partial charge < -0.3 is 210 Å². The van der Waals surface area contributed by atoms with E-state index < -0.39 is 402 Å². The maximum absolute atomic E-state index is 15.4. The van der Waals surface area contributed by atoms with E-state index in [2.05, 4.69) is 0 Å². The largest absolute Gasteiger partial charge is 0.504 e. The minimum Gasteiger partial charge on any atom is -0.504 e. The number of ether oxygens (including phenoxy) is 13. The summed E-state index contributed by atoms with van der Waals surface area (Å²) >= 11 is 0. The molecule has 10 unspecified atom stereocenters. The van der Waals surface area contributed by atoms with Gasteiger partial charge in [-0.05, 0) is 72.8 Å². The smallest absolute Gasteiger partial charge is 0.344 e. The molecule has 0 radical (unpaired) electrons. The maximum atomic E-state index is 15.4. The van der Waals surface area contributed by atoms with Crippen LogP contribution in [0.4, 0.5) is 0 Å². The predicted octanol–water partition coefficient (Wildman–Crippen LogP) is 3.71. The molecule has 2 saturated heterocycles. The molecule has 10 aromatic rings. The lowest BCUT2D eigenvalue weighted by atomic mass is 9.91. The van der Waals surface area contributed by atoms with Crippen LogP contribution >= 0.6 is 0 Å². The first kappa shape index (κ1) is 89.6. The van der Waals surface area contributed by atoms with Gasteiger partial charge in [-0.15, -0.1) is 0 Å². The summed E-state index contributed by atoms with van der Waals surface area (Å²) in [5.41, 5.74) is -19.8. The van der Waals surface area contributed by atoms with Crippen molar-refractivity contribution in [1.29, 1.82) is 0 Å². The number of hydrogen-bond donors (Lipinski definition) is 29. The zero-order valence-electron chi connectivity index (χ0n) is 65.6. The molecule has 52 heteroatoms. The van der Waals surface area contributed by atoms with Gasteiger partial charge in [0.2, 0.25) is 76.5 Å². The number of aromatic hydroxyl groups is 29. The molecule has 5 aliphatic rings. The van der Waals surface area contributed by atoms with Gasteiger partial charge in [0.1, 0.15) is 36.5 Å². The molecule has 2 bridgehead atoms. The lowest BCUT2D eigenvalue weighted by molar-refractivity contribution is -0.283. The number of fused-ring (bicyclic) bond motifs is 14. The lowest BCUT2D eigenvalue weighted by Gasteiger charge is -2.44. The second-order valence-corrected chi connectivity index (χ2v) is 29.0. The van der Waals surface area contributed by atoms with Gasteiger partial charge in [0.25, 0.3) is 0 Å². The molecule has 15 rings (SSSR count). The number of phenols is 29. The predicted molar refractivity (Wildman–Crippen MR) is 414 cm³/mol. The van der Waals surface area contributed by atoms with Crippen LogP contribution in [0.25, 0.3) is 33.4 Å². The SMILES string of the molecule is O=C(OC1OC2COC(=O)c3cc(O)c(O)c(O)c3-c3cc(c(O)c(O)c3O)C(=O)OC2C(OC(=O)c2cc(O)c(O)c(O)c2)C1OC(=O)c1cc(O)c(O)c(O)c1)c1cc(O)c(O)c(Oc2c(C(=O)OC3OC4COC(=O)c5cc(O)c(O)c(O)c5-c5c(cc(O)c(O)c5O)C(=O)OC4C4OC(=O)c5cc(O)c(O)c(O)c5-c5c(cc(O)c(O)c5O)C(=O)OC34)cc(O)c(O)c2O)c1. The molecule has 0 aromatic heterocycles. The van der Waals surface area contributed by atoms with Crippen molar-refractivity contribution in [3.63, 3.8) is 0 Å². The Hall–Kier alpha value is -19.2. The summed E-state index contributed by atoms with van der Waals surface area (Å²) < 4.78 is 74.4. The van der Waals surface area contributed by atoms with Crippen molar-refractivity contribution in [1.82, 2.24) is 0 Å². The first-order valence-electron chi connectivity index (χ1n) is 37.1. The van der Waals surface area contributed by atoms with Gasteiger partial charge in [-0.1, -0.05) is 0 Å². The fourth-order valence-electron chi connectivity index (χ4n) is 14.5. The topological polar surface area (TPSA) is 877 Å². The van der Waals surface area contributed by atoms with Gasteiger partial charge in [-0.3, -0.25) is 0 Å². The molecule has 0 spiro atoms. The van der Waals surface area contributed by atoms with Gasteiger partial charge in [0, 0.05) is 39.4 Å². The van der Waals surface area contributed by atoms with E-state index in [0.717, 1.165) is 0 Å². The van der Waals surface area contributed by atoms with E-state index in [1.165, 1.54) is 0 Å². The molecule has 29 N–H and O–H groups in total. The number of carbonyl (C=O) groups excluding carboxylic acids is 10. The summed E-state index contributed by atoms with van der Waals surface area (Å²) in [6, 6.07) is 3.97. The van der Waals surface area contributed by atoms with E-state index in [4.69, 9.17) is 61.6 Å². The summed E-state index contributed by atoms with van der Waals surface area (Å²) in [7, 11) is 0. The quantitative estimate of drug-likeness (QED) is 0.0527. The molecule has 0 saturated carbocycles. The third-order valence-electron chi connectivity index (χ3n) is 21.0. The van der Waals surface area contributed by atoms with Crippen LogP contribution in [-0.2, 0) is 56.8 Å². The summed E-state index contributed by atoms with van der Waals surface area (Å²) in [6.45, 7) is -3.14. The highest BCUT2D eigenvalue weighted by atomic mass is 16.8. The second kappa shape index (κ2) is 32.9. The highest BCUT2D eigenvalue weighted by Gasteiger charge is 2.59. The number of cyclic esters (lactones) is 2. The van der Waals surface area contributed by atoms with Crippen LogP contribution in [0.1, 0.15) is 104 Å². The Morgan fingerprint density at radius 2 is 0.560 bits per heavy atom. The number of benzene rings is 10. The van der Waals surface area contributed by atoms with Crippen molar-refractivity contribution in [3.8, 4) is 212 Å². The number of phenolic OH excluding ortho intramolecular Hbond substituents is 29. The third-order valence-corrected chi connectivity index (χ3v) is 21.0. The molecule has 52 nitrogen and oxygen atoms in total. The van der Waals surface area contributed by atoms with Crippen molar-refractivity contribution < 1.29 is 258 Å². The van der Waals surface area contributed by atoms with E-state index in [1.54, 1.807) is 0 Å². The van der Waals surface area contributed by atoms with Crippen molar-refractivity contribution in [2.45, 2.75) is 61.4 Å². The molecule has 2 fully saturated rings. The maximum Gasteiger partial charge on any atom is 0.344 e. The van der Waals surface area contributed by atoms with Gasteiger partial charge in [-0.25, -0.2) is 47.9 Å². The van der Waals surface area contributed by atoms with Crippen LogP contribution in [0.5, 0.6) is 178 Å². The van der Waals surface area contributed by atoms with E-state index in [0.29, 0.717) is 42.5 Å². The molecular weight excluding hydrogens is 1820 g/mol. The van der Waals surface area contributed by atoms with Crippen LogP contribution in [0.15, 0.2) is 78.9 Å². The van der Waals surface area contributed by atoms with Crippen LogP contribution in [0.2, 0.25) is 0 Å². The van der Waals surface area contributed by atoms with Gasteiger partial charge >= 0.3 is 59.7 Å². The zero-order chi connectivity index (χ0) is 97.5. The fourth-order valence-corrected chi connectivity index (χ4v) is 14.5. The lowest BCUT2D eigenvalue weighted by Crippen LogP contribution is -2.63. The molecule has 0 amide bonds. The fraction of sp³-hybridized carbons (Fsp3) is 0.146. The number of rotatable bonds is 10. The van der Waals surface area contributed by atoms with Crippen molar-refractivity contribution in [2.24, 2.45) is 0 Å². The summed E-state index contributed by atoms with van der Waals surface area (Å²) in [6.07, 6.45) is -28.5. The summed E-state index contributed by atoms with van der Waals surface area (Å²) in [5, 5.41) is 318. The standard InChI is InChI=1S/C82H56O52/c83-27-1-16(2-28(84)48(27)96)71(112)129-67-65-39(14-122-74(115)20-8-32(88)51(99)57(105)41(20)19-7-25(79(120)128-65)47(95)62(110)46(19)94)125-81(69(67)131-72(113)17-3-29(85)49(97)30(86)4-17)133-73(114)18-5-31(87)50(98)38(6-18)124-64-26(13-37(93)56(104)63(64)111)80(121)134-82-70-68(130-77(118)23-11-35(91)54(102)60(108)44(23)45-24(78(119)132-70)12-36(92)55(103)61(45)109)66-40(126-82)15-123-75(116)21-9-33(89)52(100)58(106)42(21)43-22(76(117)127-66)10-34(90)53(101)59(43)107/h1-13,39-40,65-70,81-111H,14-15H2. The highest BCUT2D eigenvalue weighted by Crippen LogP contribution is 2.59. The molecule has 10 atom stereocenters. The molecule has 10 aromatic carbocycles. The molecular formula is C82H56O52. The average molecular weight is 1870 g/mol. The van der Waals surface area contributed by atoms with E-state index in [-0.39, 0.29) is 36.4 Å². The summed E-state index contributed by atoms with van der Waals surface area (Å²) in [5.74, 6) is -66.9. The molecule has 696 valence electrons. The highest BCUT2D eigenvalue weighted by molar-refractivity contribution is 6.11. The molecule has 5 aliphatic heterocycles. The molecule has 0 aliphatic carbocycles. The number of esters is 10. The van der Waals surface area contributed by atoms with Gasteiger partial charge in [0.05, 0.1) is 44.5 Å². The van der Waals surface area contributed by atoms with Crippen molar-refractivity contribution in [2.75, 3.05) is 13.2 Å². The molecule has 5 heterocycles. The average Bonchev–Trinajstić information content (AvgIpc) is 1.31. The summed E-state index contributed by atoms with van der Waals surface area (Å²) in [4.78, 5) is 149. The Morgan fingerprint density at radius 1 is 0.246 bits per heavy atom. The first-order valence-corrected chi connectivity index (χ1v) is 37.1. The Labute approximate surface area is 735 Å². The number of hydrogen-bond acceptors (Lipinski definition) is 52. The Kier molecular flexibility index (Phi) is 22.0. The molecule has 134 heavy (non-hydrogen) atoms. The van der Waals surface area contributed by atoms with E-state index in [1.807, 2.05) is 0 Å². The van der Waals surface area contributed by atoms with Gasteiger partial charge in [-0.2, -0.15) is 0 Å². The minimum atomic E-state index is -3.09. The van der Waals surface area contributed by atoms with E-state index >= 15 is 24.0 Å². The van der Waals surface area contributed by atoms with Crippen LogP contribution < -0.4 is 4.74 Å². The van der Waals surface area contributed by atoms with Gasteiger partial charge in [0.15, 0.2) is 151 Å². The second-order valence-electron chi connectivity index (χ2n) is 29.0. The van der Waals surface area contributed by atoms with Crippen molar-refractivity contribution >= 4 is 59.7 Å². The monoisotopic (exact) mass is 1870 g/mol. The Morgan fingerprint density at radius 3 is 1.01 bits per heavy atom.